The third-order valence-electron chi connectivity index (χ3n) is 6.51. The Kier molecular flexibility index (Phi) is 21.4. The van der Waals surface area contributed by atoms with Gasteiger partial charge in [0.2, 0.25) is 35.9 Å². The van der Waals surface area contributed by atoms with Gasteiger partial charge in [0, 0.05) is 19.6 Å². The molecule has 0 aliphatic rings. The van der Waals surface area contributed by atoms with Gasteiger partial charge in [-0.15, -0.1) is 0 Å². The fourth-order valence-electron chi connectivity index (χ4n) is 3.88. The van der Waals surface area contributed by atoms with E-state index in [0.29, 0.717) is 29.5 Å². The van der Waals surface area contributed by atoms with Gasteiger partial charge in [-0.3, -0.25) is 39.2 Å². The minimum atomic E-state index is -2.54. The number of aliphatic carboxylic acids is 1. The number of carboxylic acid groups (broad SMARTS) is 1. The van der Waals surface area contributed by atoms with Gasteiger partial charge in [-0.25, -0.2) is 14.9 Å². The van der Waals surface area contributed by atoms with Crippen molar-refractivity contribution in [1.82, 2.24) is 31.4 Å². The van der Waals surface area contributed by atoms with Crippen molar-refractivity contribution in [3.8, 4) is 0 Å². The highest BCUT2D eigenvalue weighted by Crippen LogP contribution is 2.05. The first kappa shape index (κ1) is 43.0. The van der Waals surface area contributed by atoms with Crippen molar-refractivity contribution in [2.24, 2.45) is 11.5 Å². The molecule has 6 amide bonds. The van der Waals surface area contributed by atoms with E-state index in [9.17, 15) is 64.4 Å². The van der Waals surface area contributed by atoms with E-state index >= 15 is 0 Å². The van der Waals surface area contributed by atoms with Gasteiger partial charge in [0.15, 0.2) is 6.10 Å². The number of hydroxylamine groups is 4. The Morgan fingerprint density at radius 3 is 2.00 bits per heavy atom. The van der Waals surface area contributed by atoms with Crippen LogP contribution in [0.4, 0.5) is 0 Å². The third-order valence-corrected chi connectivity index (χ3v) is 6.51. The Morgan fingerprint density at radius 1 is 0.830 bits per heavy atom. The summed E-state index contributed by atoms with van der Waals surface area (Å²) in [5.41, 5.74) is 11.2. The van der Waals surface area contributed by atoms with Crippen LogP contribution in [0.25, 0.3) is 0 Å². The van der Waals surface area contributed by atoms with Gasteiger partial charge in [0.25, 0.3) is 0 Å². The molecule has 0 aromatic carbocycles. The molecule has 0 fully saturated rings. The molecule has 6 unspecified atom stereocenters. The Bertz CT molecular complexity index is 1030. The number of hydrogen-bond acceptors (Lipinski definition) is 14. The van der Waals surface area contributed by atoms with Crippen LogP contribution in [0.5, 0.6) is 0 Å². The SMILES string of the molecule is CC(O)CC(=O)N(O)CCCC(N)C(=O)NC(C(=O)NC(CO)C(=O)NC(CCCN(O)C=O)C(=O)NCCCCN)C(O)C(=O)O. The van der Waals surface area contributed by atoms with Gasteiger partial charge in [0.05, 0.1) is 25.2 Å². The highest BCUT2D eigenvalue weighted by Gasteiger charge is 2.37. The second kappa shape index (κ2) is 23.3. The van der Waals surface area contributed by atoms with Crippen LogP contribution >= 0.6 is 0 Å². The smallest absolute Gasteiger partial charge is 0.335 e. The molecule has 6 atom stereocenters. The summed E-state index contributed by atoms with van der Waals surface area (Å²) in [4.78, 5) is 85.0. The number of unbranched alkanes of at least 4 members (excludes halogenated alkanes) is 1. The van der Waals surface area contributed by atoms with Crippen molar-refractivity contribution in [2.45, 2.75) is 88.2 Å². The number of carboxylic acids is 1. The van der Waals surface area contributed by atoms with Crippen molar-refractivity contribution in [3.63, 3.8) is 0 Å². The maximum Gasteiger partial charge on any atom is 0.335 e. The zero-order valence-electron chi connectivity index (χ0n) is 26.1. The molecule has 21 heteroatoms. The highest BCUT2D eigenvalue weighted by molar-refractivity contribution is 5.97. The van der Waals surface area contributed by atoms with Crippen LogP contribution in [0.2, 0.25) is 0 Å². The minimum absolute atomic E-state index is 0.0328. The summed E-state index contributed by atoms with van der Waals surface area (Å²) in [7, 11) is 0. The largest absolute Gasteiger partial charge is 0.479 e. The van der Waals surface area contributed by atoms with Crippen LogP contribution in [0.3, 0.4) is 0 Å². The van der Waals surface area contributed by atoms with Gasteiger partial charge in [-0.1, -0.05) is 0 Å². The first-order valence-corrected chi connectivity index (χ1v) is 14.8. The molecule has 21 nitrogen and oxygen atoms in total. The summed E-state index contributed by atoms with van der Waals surface area (Å²) >= 11 is 0. The summed E-state index contributed by atoms with van der Waals surface area (Å²) in [6.45, 7) is 0.404. The van der Waals surface area contributed by atoms with E-state index < -0.39 is 78.5 Å². The van der Waals surface area contributed by atoms with Crippen molar-refractivity contribution in [1.29, 1.82) is 0 Å². The topological polar surface area (TPSA) is 348 Å². The quantitative estimate of drug-likeness (QED) is 0.0185. The fourth-order valence-corrected chi connectivity index (χ4v) is 3.88. The van der Waals surface area contributed by atoms with E-state index in [-0.39, 0.29) is 58.1 Å². The number of rotatable bonds is 25. The summed E-state index contributed by atoms with van der Waals surface area (Å²) in [6.07, 6.45) is -2.89. The standard InChI is InChI=1S/C26H48N8O13/c1-15(37)12-19(38)34(47)11-4-6-16(28)22(40)32-20(21(39)26(44)45)25(43)31-18(13-35)24(42)30-17(7-5-10-33(46)14-36)23(41)29-9-3-2-8-27/h14-18,20-21,35,37,39,46-47H,2-13,27-28H2,1H3,(H,29,41)(H,30,42)(H,31,43)(H,32,40)(H,44,45). The number of nitrogens with one attached hydrogen (secondary N) is 4. The summed E-state index contributed by atoms with van der Waals surface area (Å²) in [6, 6.07) is -6.69. The molecular weight excluding hydrogens is 632 g/mol. The molecule has 0 aromatic rings. The fraction of sp³-hybridized carbons (Fsp3) is 0.731. The lowest BCUT2D eigenvalue weighted by Gasteiger charge is -2.26. The molecule has 0 aliphatic carbocycles. The van der Waals surface area contributed by atoms with E-state index in [4.69, 9.17) is 11.5 Å². The lowest BCUT2D eigenvalue weighted by atomic mass is 10.1. The van der Waals surface area contributed by atoms with Crippen molar-refractivity contribution < 1.29 is 64.4 Å². The molecule has 47 heavy (non-hydrogen) atoms. The third kappa shape index (κ3) is 17.5. The molecular formula is C26H48N8O13. The number of carbonyl (C=O) groups is 7. The molecule has 0 saturated heterocycles. The zero-order chi connectivity index (χ0) is 36.1. The van der Waals surface area contributed by atoms with E-state index in [0.717, 1.165) is 0 Å². The molecule has 0 spiro atoms. The summed E-state index contributed by atoms with van der Waals surface area (Å²) in [5.74, 6) is -7.02. The average molecular weight is 681 g/mol. The van der Waals surface area contributed by atoms with Gasteiger partial charge >= 0.3 is 5.97 Å². The Morgan fingerprint density at radius 2 is 1.45 bits per heavy atom. The predicted octanol–water partition coefficient (Wildman–Crippen LogP) is -5.54. The Labute approximate surface area is 270 Å². The number of nitrogens with zero attached hydrogens (tertiary/aromatic N) is 2. The summed E-state index contributed by atoms with van der Waals surface area (Å²) < 4.78 is 0. The van der Waals surface area contributed by atoms with Crippen LogP contribution in [0.15, 0.2) is 0 Å². The van der Waals surface area contributed by atoms with E-state index in [2.05, 4.69) is 10.6 Å². The number of amides is 6. The molecule has 0 aliphatic heterocycles. The summed E-state index contributed by atoms with van der Waals surface area (Å²) in [5, 5.41) is 66.9. The number of hydrogen-bond donors (Lipinski definition) is 12. The number of carbonyl (C=O) groups excluding carboxylic acids is 6. The molecule has 0 bridgehead atoms. The minimum Gasteiger partial charge on any atom is -0.479 e. The maximum atomic E-state index is 13.0. The van der Waals surface area contributed by atoms with Crippen LogP contribution in [-0.4, -0.2) is 152 Å². The van der Waals surface area contributed by atoms with Crippen molar-refractivity contribution >= 4 is 41.9 Å². The van der Waals surface area contributed by atoms with Gasteiger partial charge in [0.1, 0.15) is 18.1 Å². The normalized spacial score (nSPS) is 14.7. The molecule has 0 aromatic heterocycles. The first-order valence-electron chi connectivity index (χ1n) is 14.8. The first-order chi connectivity index (χ1) is 22.1. The van der Waals surface area contributed by atoms with Crippen LogP contribution < -0.4 is 32.7 Å². The molecule has 0 heterocycles. The molecule has 270 valence electrons. The van der Waals surface area contributed by atoms with Crippen molar-refractivity contribution in [3.05, 3.63) is 0 Å². The van der Waals surface area contributed by atoms with Crippen molar-refractivity contribution in [2.75, 3.05) is 32.8 Å². The molecule has 0 saturated carbocycles. The van der Waals surface area contributed by atoms with Crippen LogP contribution in [0, 0.1) is 0 Å². The Hall–Kier alpha value is -3.99. The lowest BCUT2D eigenvalue weighted by molar-refractivity contribution is -0.167. The number of aliphatic hydroxyl groups is 3. The van der Waals surface area contributed by atoms with E-state index in [1.165, 1.54) is 6.92 Å². The van der Waals surface area contributed by atoms with Crippen LogP contribution in [-0.2, 0) is 33.6 Å². The number of aliphatic hydroxyl groups excluding tert-OH is 3. The van der Waals surface area contributed by atoms with Gasteiger partial charge in [-0.05, 0) is 52.0 Å². The average Bonchev–Trinajstić information content (AvgIpc) is 3.02. The molecule has 14 N–H and O–H groups in total. The van der Waals surface area contributed by atoms with E-state index in [1.807, 2.05) is 10.6 Å². The Balaban J connectivity index is 5.52. The predicted molar refractivity (Wildman–Crippen MR) is 159 cm³/mol. The second-order valence-corrected chi connectivity index (χ2v) is 10.6. The molecule has 0 rings (SSSR count). The highest BCUT2D eigenvalue weighted by atomic mass is 16.5. The maximum absolute atomic E-state index is 13.0. The second-order valence-electron chi connectivity index (χ2n) is 10.6. The van der Waals surface area contributed by atoms with Gasteiger partial charge in [-0.2, -0.15) is 0 Å². The number of nitrogens with two attached hydrogens (primary N) is 2. The van der Waals surface area contributed by atoms with Crippen LogP contribution in [0.1, 0.15) is 51.9 Å². The van der Waals surface area contributed by atoms with E-state index in [1.54, 1.807) is 0 Å². The zero-order valence-corrected chi connectivity index (χ0v) is 26.1. The lowest BCUT2D eigenvalue weighted by Crippen LogP contribution is -2.62. The monoisotopic (exact) mass is 680 g/mol. The molecule has 0 radical (unpaired) electrons. The van der Waals surface area contributed by atoms with Gasteiger partial charge < -0.3 is 53.2 Å².